The van der Waals surface area contributed by atoms with Gasteiger partial charge in [-0.1, -0.05) is 12.1 Å². The average Bonchev–Trinajstić information content (AvgIpc) is 2.89. The molecule has 7 heteroatoms. The summed E-state index contributed by atoms with van der Waals surface area (Å²) in [6.07, 6.45) is 0.230. The molecule has 2 atom stereocenters. The van der Waals surface area contributed by atoms with Crippen LogP contribution in [-0.2, 0) is 0 Å². The topological polar surface area (TPSA) is 53.4 Å². The summed E-state index contributed by atoms with van der Waals surface area (Å²) in [5.74, 6) is -3.10. The number of benzene rings is 1. The van der Waals surface area contributed by atoms with Crippen molar-refractivity contribution in [3.05, 3.63) is 65.2 Å². The predicted molar refractivity (Wildman–Crippen MR) is 75.0 cm³/mol. The normalized spacial score (nSPS) is 20.8. The van der Waals surface area contributed by atoms with E-state index in [-0.39, 0.29) is 13.0 Å². The number of aromatic nitrogens is 1. The molecule has 1 amide bonds. The van der Waals surface area contributed by atoms with E-state index in [9.17, 15) is 23.1 Å². The van der Waals surface area contributed by atoms with Crippen LogP contribution in [0.5, 0.6) is 0 Å². The molecule has 1 aromatic heterocycles. The minimum absolute atomic E-state index is 0.000622. The summed E-state index contributed by atoms with van der Waals surface area (Å²) >= 11 is 0. The average molecular weight is 322 g/mol. The van der Waals surface area contributed by atoms with Crippen LogP contribution < -0.4 is 0 Å². The number of hydrogen-bond donors (Lipinski definition) is 1. The Morgan fingerprint density at radius 2 is 1.87 bits per heavy atom. The molecule has 1 aliphatic rings. The van der Waals surface area contributed by atoms with Crippen molar-refractivity contribution >= 4 is 5.91 Å². The van der Waals surface area contributed by atoms with Crippen LogP contribution >= 0.6 is 0 Å². The molecule has 0 bridgehead atoms. The Balaban J connectivity index is 1.92. The molecule has 2 aromatic rings. The molecular weight excluding hydrogens is 309 g/mol. The maximum absolute atomic E-state index is 13.8. The third-order valence-corrected chi connectivity index (χ3v) is 3.81. The molecule has 4 nitrogen and oxygen atoms in total. The molecule has 0 radical (unpaired) electrons. The Labute approximate surface area is 130 Å². The molecule has 0 aliphatic carbocycles. The van der Waals surface area contributed by atoms with E-state index >= 15 is 0 Å². The number of halogens is 3. The zero-order valence-corrected chi connectivity index (χ0v) is 11.9. The van der Waals surface area contributed by atoms with E-state index in [0.717, 1.165) is 6.20 Å². The van der Waals surface area contributed by atoms with Gasteiger partial charge in [-0.2, -0.15) is 0 Å². The number of carbonyl (C=O) groups excluding carboxylic acids is 1. The highest BCUT2D eigenvalue weighted by Gasteiger charge is 2.37. The number of β-amino-alcohol motifs (C(OH)–C–C–N with tert-alkyl or cyclic N) is 1. The first kappa shape index (κ1) is 15.5. The quantitative estimate of drug-likeness (QED) is 0.924. The summed E-state index contributed by atoms with van der Waals surface area (Å²) in [5.41, 5.74) is 0.117. The van der Waals surface area contributed by atoms with Gasteiger partial charge in [-0.05, 0) is 24.1 Å². The summed E-state index contributed by atoms with van der Waals surface area (Å²) < 4.78 is 39.7. The fourth-order valence-corrected chi connectivity index (χ4v) is 2.75. The third kappa shape index (κ3) is 3.05. The van der Waals surface area contributed by atoms with Gasteiger partial charge in [0.1, 0.15) is 11.6 Å². The summed E-state index contributed by atoms with van der Waals surface area (Å²) in [5, 5.41) is 9.85. The molecule has 1 aromatic carbocycles. The van der Waals surface area contributed by atoms with Gasteiger partial charge in [-0.15, -0.1) is 0 Å². The highest BCUT2D eigenvalue weighted by Crippen LogP contribution is 2.33. The van der Waals surface area contributed by atoms with Crippen molar-refractivity contribution in [1.82, 2.24) is 9.88 Å². The first-order valence-corrected chi connectivity index (χ1v) is 7.01. The summed E-state index contributed by atoms with van der Waals surface area (Å²) in [6, 6.07) is 5.57. The van der Waals surface area contributed by atoms with Crippen LogP contribution in [0.3, 0.4) is 0 Å². The molecule has 0 spiro atoms. The number of hydrogen-bond acceptors (Lipinski definition) is 3. The number of pyridine rings is 1. The molecule has 1 saturated heterocycles. The number of rotatable bonds is 2. The van der Waals surface area contributed by atoms with Crippen molar-refractivity contribution in [1.29, 1.82) is 0 Å². The van der Waals surface area contributed by atoms with Gasteiger partial charge in [-0.3, -0.25) is 4.79 Å². The molecule has 0 saturated carbocycles. The van der Waals surface area contributed by atoms with Crippen LogP contribution in [0.1, 0.15) is 28.5 Å². The lowest BCUT2D eigenvalue weighted by Gasteiger charge is -2.24. The van der Waals surface area contributed by atoms with E-state index in [0.29, 0.717) is 11.6 Å². The molecule has 120 valence electrons. The van der Waals surface area contributed by atoms with Crippen molar-refractivity contribution < 1.29 is 23.1 Å². The Morgan fingerprint density at radius 3 is 2.52 bits per heavy atom. The lowest BCUT2D eigenvalue weighted by Crippen LogP contribution is -2.33. The minimum Gasteiger partial charge on any atom is -0.391 e. The number of aliphatic hydroxyl groups is 1. The number of carbonyl (C=O) groups is 1. The summed E-state index contributed by atoms with van der Waals surface area (Å²) in [7, 11) is 0. The Bertz CT molecular complexity index is 737. The lowest BCUT2D eigenvalue weighted by atomic mass is 10.0. The van der Waals surface area contributed by atoms with Crippen molar-refractivity contribution in [2.24, 2.45) is 0 Å². The smallest absolute Gasteiger partial charge is 0.276 e. The fourth-order valence-electron chi connectivity index (χ4n) is 2.75. The molecule has 2 heterocycles. The SMILES string of the molecule is O=C(c1ncc(F)cc1F)N1C[C@H](O)C[C@@H]1c1ccc(F)cc1. The van der Waals surface area contributed by atoms with Gasteiger partial charge in [0.15, 0.2) is 11.5 Å². The van der Waals surface area contributed by atoms with Gasteiger partial charge in [0.25, 0.3) is 5.91 Å². The van der Waals surface area contributed by atoms with Crippen molar-refractivity contribution in [3.63, 3.8) is 0 Å². The van der Waals surface area contributed by atoms with Crippen molar-refractivity contribution in [2.75, 3.05) is 6.54 Å². The van der Waals surface area contributed by atoms with Crippen LogP contribution in [-0.4, -0.2) is 33.5 Å². The van der Waals surface area contributed by atoms with E-state index in [1.165, 1.54) is 29.2 Å². The zero-order valence-electron chi connectivity index (χ0n) is 11.9. The second-order valence-corrected chi connectivity index (χ2v) is 5.40. The predicted octanol–water partition coefficient (Wildman–Crippen LogP) is 2.45. The maximum atomic E-state index is 13.8. The van der Waals surface area contributed by atoms with E-state index in [4.69, 9.17) is 0 Å². The molecule has 23 heavy (non-hydrogen) atoms. The highest BCUT2D eigenvalue weighted by molar-refractivity contribution is 5.93. The van der Waals surface area contributed by atoms with Gasteiger partial charge in [0.05, 0.1) is 18.3 Å². The Hall–Kier alpha value is -2.41. The van der Waals surface area contributed by atoms with E-state index < -0.39 is 41.2 Å². The van der Waals surface area contributed by atoms with E-state index in [2.05, 4.69) is 4.98 Å². The first-order chi connectivity index (χ1) is 11.0. The second-order valence-electron chi connectivity index (χ2n) is 5.40. The fraction of sp³-hybridized carbons (Fsp3) is 0.250. The van der Waals surface area contributed by atoms with Gasteiger partial charge in [0, 0.05) is 12.6 Å². The number of nitrogens with zero attached hydrogens (tertiary/aromatic N) is 2. The number of aliphatic hydroxyl groups excluding tert-OH is 1. The lowest BCUT2D eigenvalue weighted by molar-refractivity contribution is 0.0704. The van der Waals surface area contributed by atoms with Gasteiger partial charge >= 0.3 is 0 Å². The maximum Gasteiger partial charge on any atom is 0.276 e. The van der Waals surface area contributed by atoms with Crippen molar-refractivity contribution in [3.8, 4) is 0 Å². The first-order valence-electron chi connectivity index (χ1n) is 7.01. The van der Waals surface area contributed by atoms with Crippen LogP contribution in [0.4, 0.5) is 13.2 Å². The monoisotopic (exact) mass is 322 g/mol. The van der Waals surface area contributed by atoms with Gasteiger partial charge < -0.3 is 10.0 Å². The molecule has 1 N–H and O–H groups in total. The van der Waals surface area contributed by atoms with Crippen LogP contribution in [0, 0.1) is 17.5 Å². The van der Waals surface area contributed by atoms with Crippen LogP contribution in [0.15, 0.2) is 36.5 Å². The molecule has 1 aliphatic heterocycles. The van der Waals surface area contributed by atoms with Crippen molar-refractivity contribution in [2.45, 2.75) is 18.6 Å². The minimum atomic E-state index is -1.06. The van der Waals surface area contributed by atoms with E-state index in [1.54, 1.807) is 0 Å². The molecular formula is C16H13F3N2O2. The highest BCUT2D eigenvalue weighted by atomic mass is 19.1. The second kappa shape index (κ2) is 6.00. The Morgan fingerprint density at radius 1 is 1.17 bits per heavy atom. The summed E-state index contributed by atoms with van der Waals surface area (Å²) in [4.78, 5) is 17.3. The van der Waals surface area contributed by atoms with Gasteiger partial charge in [0.2, 0.25) is 0 Å². The number of amides is 1. The third-order valence-electron chi connectivity index (χ3n) is 3.81. The largest absolute Gasteiger partial charge is 0.391 e. The molecule has 0 unspecified atom stereocenters. The summed E-state index contributed by atoms with van der Waals surface area (Å²) in [6.45, 7) is -0.000622. The molecule has 3 rings (SSSR count). The van der Waals surface area contributed by atoms with Gasteiger partial charge in [-0.25, -0.2) is 18.2 Å². The zero-order chi connectivity index (χ0) is 16.6. The van der Waals surface area contributed by atoms with E-state index in [1.807, 2.05) is 0 Å². The Kier molecular flexibility index (Phi) is 4.04. The van der Waals surface area contributed by atoms with Crippen LogP contribution in [0.25, 0.3) is 0 Å². The number of likely N-dealkylation sites (tertiary alicyclic amines) is 1. The standard InChI is InChI=1S/C16H13F3N2O2/c17-10-3-1-9(2-4-10)14-6-12(22)8-21(14)16(23)15-13(19)5-11(18)7-20-15/h1-5,7,12,14,22H,6,8H2/t12-,14-/m1/s1. The molecule has 1 fully saturated rings. The van der Waals surface area contributed by atoms with Crippen LogP contribution in [0.2, 0.25) is 0 Å².